The summed E-state index contributed by atoms with van der Waals surface area (Å²) in [6.45, 7) is -2.97. The molecule has 0 aliphatic heterocycles. The number of nitrogens with zero attached hydrogens (tertiary/aromatic N) is 2. The molecule has 0 radical (unpaired) electrons. The third kappa shape index (κ3) is 1.84. The number of rotatable bonds is 2. The number of aromatic nitrogens is 2. The molecule has 0 saturated heterocycles. The Morgan fingerprint density at radius 1 is 1.50 bits per heavy atom. The predicted octanol–water partition coefficient (Wildman–Crippen LogP) is 2.80. The molecule has 0 aliphatic carbocycles. The number of ether oxygens (including phenoxy) is 1. The summed E-state index contributed by atoms with van der Waals surface area (Å²) in [6.07, 6.45) is 0. The fraction of sp³-hybridized carbons (Fsp3) is 0.111. The van der Waals surface area contributed by atoms with Gasteiger partial charge in [-0.2, -0.15) is 14.0 Å². The number of H-pyrrole nitrogens is 1. The highest BCUT2D eigenvalue weighted by atomic mass is 79.9. The lowest BCUT2D eigenvalue weighted by Crippen LogP contribution is -2.03. The summed E-state index contributed by atoms with van der Waals surface area (Å²) in [5.74, 6) is -0.177. The Balaban J connectivity index is 2.63. The van der Waals surface area contributed by atoms with Crippen molar-refractivity contribution in [3.63, 3.8) is 0 Å². The first-order valence-electron chi connectivity index (χ1n) is 4.15. The zero-order chi connectivity index (χ0) is 11.7. The van der Waals surface area contributed by atoms with Crippen LogP contribution in [0.25, 0.3) is 11.0 Å². The lowest BCUT2D eigenvalue weighted by molar-refractivity contribution is -0.0499. The summed E-state index contributed by atoms with van der Waals surface area (Å²) in [5.41, 5.74) is 0.859. The van der Waals surface area contributed by atoms with E-state index < -0.39 is 6.61 Å². The van der Waals surface area contributed by atoms with Gasteiger partial charge in [-0.25, -0.2) is 4.98 Å². The van der Waals surface area contributed by atoms with Gasteiger partial charge in [0.2, 0.25) is 0 Å². The average molecular weight is 288 g/mol. The second kappa shape index (κ2) is 4.06. The van der Waals surface area contributed by atoms with Crippen LogP contribution in [0.4, 0.5) is 8.78 Å². The summed E-state index contributed by atoms with van der Waals surface area (Å²) in [7, 11) is 0. The number of hydrogen-bond donors (Lipinski definition) is 1. The minimum atomic E-state index is -2.97. The summed E-state index contributed by atoms with van der Waals surface area (Å²) in [6, 6.07) is 4.62. The molecule has 0 atom stereocenters. The number of nitrogens with one attached hydrogen (secondary N) is 1. The first-order chi connectivity index (χ1) is 7.61. The molecule has 1 heterocycles. The highest BCUT2D eigenvalue weighted by molar-refractivity contribution is 9.10. The Morgan fingerprint density at radius 3 is 2.88 bits per heavy atom. The molecule has 0 spiro atoms. The molecule has 0 fully saturated rings. The average Bonchev–Trinajstić information content (AvgIpc) is 2.57. The topological polar surface area (TPSA) is 61.7 Å². The largest absolute Gasteiger partial charge is 0.433 e. The number of hydrogen-bond acceptors (Lipinski definition) is 3. The second-order valence-corrected chi connectivity index (χ2v) is 3.60. The Bertz CT molecular complexity index is 576. The van der Waals surface area contributed by atoms with Crippen LogP contribution in [0.15, 0.2) is 16.9 Å². The molecule has 1 aromatic carbocycles. The SMILES string of the molecule is N#Cc1c(OC(F)F)ccc2[nH]c(Br)nc12. The van der Waals surface area contributed by atoms with Gasteiger partial charge < -0.3 is 9.72 Å². The lowest BCUT2D eigenvalue weighted by atomic mass is 10.2. The zero-order valence-corrected chi connectivity index (χ0v) is 9.25. The number of alkyl halides is 2. The molecule has 0 amide bonds. The van der Waals surface area contributed by atoms with E-state index in [1.807, 2.05) is 0 Å². The van der Waals surface area contributed by atoms with E-state index in [0.29, 0.717) is 15.8 Å². The summed E-state index contributed by atoms with van der Waals surface area (Å²) >= 11 is 3.10. The maximum absolute atomic E-state index is 12.1. The quantitative estimate of drug-likeness (QED) is 0.924. The number of aromatic amines is 1. The van der Waals surface area contributed by atoms with Crippen molar-refractivity contribution in [3.8, 4) is 11.8 Å². The van der Waals surface area contributed by atoms with E-state index in [1.165, 1.54) is 12.1 Å². The Morgan fingerprint density at radius 2 is 2.25 bits per heavy atom. The van der Waals surface area contributed by atoms with Crippen molar-refractivity contribution >= 4 is 27.0 Å². The first kappa shape index (κ1) is 10.8. The molecule has 7 heteroatoms. The smallest absolute Gasteiger partial charge is 0.387 e. The second-order valence-electron chi connectivity index (χ2n) is 2.85. The van der Waals surface area contributed by atoms with Crippen molar-refractivity contribution in [3.05, 3.63) is 22.4 Å². The maximum atomic E-state index is 12.1. The van der Waals surface area contributed by atoms with Crippen molar-refractivity contribution in [2.75, 3.05) is 0 Å². The Labute approximate surface area is 97.0 Å². The molecular formula is C9H4BrF2N3O. The van der Waals surface area contributed by atoms with Gasteiger partial charge in [-0.1, -0.05) is 0 Å². The minimum Gasteiger partial charge on any atom is -0.433 e. The molecule has 1 N–H and O–H groups in total. The molecule has 16 heavy (non-hydrogen) atoms. The van der Waals surface area contributed by atoms with Gasteiger partial charge in [0.25, 0.3) is 0 Å². The van der Waals surface area contributed by atoms with Crippen molar-refractivity contribution in [2.45, 2.75) is 6.61 Å². The van der Waals surface area contributed by atoms with Gasteiger partial charge in [0, 0.05) is 0 Å². The van der Waals surface area contributed by atoms with Gasteiger partial charge in [0.05, 0.1) is 5.52 Å². The third-order valence-electron chi connectivity index (χ3n) is 1.92. The molecule has 0 saturated carbocycles. The van der Waals surface area contributed by atoms with Gasteiger partial charge >= 0.3 is 6.61 Å². The molecule has 0 aliphatic rings. The highest BCUT2D eigenvalue weighted by Gasteiger charge is 2.15. The van der Waals surface area contributed by atoms with Crippen molar-refractivity contribution in [1.82, 2.24) is 9.97 Å². The van der Waals surface area contributed by atoms with E-state index in [-0.39, 0.29) is 11.3 Å². The van der Waals surface area contributed by atoms with Crippen LogP contribution in [-0.2, 0) is 0 Å². The monoisotopic (exact) mass is 287 g/mol. The Kier molecular flexibility index (Phi) is 2.75. The molecule has 82 valence electrons. The van der Waals surface area contributed by atoms with Crippen LogP contribution in [0.1, 0.15) is 5.56 Å². The van der Waals surface area contributed by atoms with E-state index >= 15 is 0 Å². The van der Waals surface area contributed by atoms with E-state index in [1.54, 1.807) is 6.07 Å². The molecule has 4 nitrogen and oxygen atoms in total. The lowest BCUT2D eigenvalue weighted by Gasteiger charge is -2.05. The van der Waals surface area contributed by atoms with Crippen LogP contribution >= 0.6 is 15.9 Å². The molecule has 2 rings (SSSR count). The highest BCUT2D eigenvalue weighted by Crippen LogP contribution is 2.28. The number of benzene rings is 1. The molecular weight excluding hydrogens is 284 g/mol. The van der Waals surface area contributed by atoms with Crippen molar-refractivity contribution in [1.29, 1.82) is 5.26 Å². The number of imidazole rings is 1. The van der Waals surface area contributed by atoms with Crippen LogP contribution < -0.4 is 4.74 Å². The normalized spacial score (nSPS) is 10.7. The number of nitriles is 1. The van der Waals surface area contributed by atoms with Crippen LogP contribution in [0.3, 0.4) is 0 Å². The van der Waals surface area contributed by atoms with Gasteiger partial charge in [0.15, 0.2) is 4.73 Å². The molecule has 1 aromatic heterocycles. The van der Waals surface area contributed by atoms with Crippen molar-refractivity contribution in [2.24, 2.45) is 0 Å². The van der Waals surface area contributed by atoms with Crippen LogP contribution in [-0.4, -0.2) is 16.6 Å². The van der Waals surface area contributed by atoms with E-state index in [4.69, 9.17) is 5.26 Å². The van der Waals surface area contributed by atoms with Gasteiger partial charge in [-0.3, -0.25) is 0 Å². The zero-order valence-electron chi connectivity index (χ0n) is 7.67. The summed E-state index contributed by atoms with van der Waals surface area (Å²) in [5, 5.41) is 8.89. The first-order valence-corrected chi connectivity index (χ1v) is 4.94. The predicted molar refractivity (Wildman–Crippen MR) is 55.1 cm³/mol. The van der Waals surface area contributed by atoms with Crippen LogP contribution in [0.5, 0.6) is 5.75 Å². The van der Waals surface area contributed by atoms with Gasteiger partial charge in [-0.05, 0) is 28.1 Å². The third-order valence-corrected chi connectivity index (χ3v) is 2.29. The van der Waals surface area contributed by atoms with Crippen LogP contribution in [0.2, 0.25) is 0 Å². The van der Waals surface area contributed by atoms with Gasteiger partial charge in [-0.15, -0.1) is 0 Å². The van der Waals surface area contributed by atoms with Gasteiger partial charge in [0.1, 0.15) is 22.9 Å². The summed E-state index contributed by atoms with van der Waals surface area (Å²) in [4.78, 5) is 6.79. The number of fused-ring (bicyclic) bond motifs is 1. The minimum absolute atomic E-state index is 0.0141. The summed E-state index contributed by atoms with van der Waals surface area (Å²) < 4.78 is 28.8. The van der Waals surface area contributed by atoms with E-state index in [2.05, 4.69) is 30.6 Å². The van der Waals surface area contributed by atoms with E-state index in [0.717, 1.165) is 0 Å². The number of halogens is 3. The maximum Gasteiger partial charge on any atom is 0.387 e. The molecule has 0 unspecified atom stereocenters. The molecule has 2 aromatic rings. The fourth-order valence-electron chi connectivity index (χ4n) is 1.33. The van der Waals surface area contributed by atoms with Crippen LogP contribution in [0, 0.1) is 11.3 Å². The van der Waals surface area contributed by atoms with Crippen molar-refractivity contribution < 1.29 is 13.5 Å². The fourth-order valence-corrected chi connectivity index (χ4v) is 1.72. The van der Waals surface area contributed by atoms with E-state index in [9.17, 15) is 8.78 Å². The molecule has 0 bridgehead atoms. The Hall–Kier alpha value is -1.68. The standard InChI is InChI=1S/C9H4BrF2N3O/c10-8-14-5-1-2-6(16-9(11)12)4(3-13)7(5)15-8/h1-2,9H,(H,14,15).